The summed E-state index contributed by atoms with van der Waals surface area (Å²) in [6.45, 7) is -0.593. The van der Waals surface area contributed by atoms with Gasteiger partial charge >= 0.3 is 5.97 Å². The van der Waals surface area contributed by atoms with E-state index in [1.165, 1.54) is 0 Å². The van der Waals surface area contributed by atoms with E-state index < -0.39 is 18.4 Å². The Kier molecular flexibility index (Phi) is 3.81. The molecular weight excluding hydrogens is 238 g/mol. The first-order valence-electron chi connectivity index (χ1n) is 6.08. The monoisotopic (exact) mass is 255 g/mol. The average molecular weight is 255 g/mol. The van der Waals surface area contributed by atoms with Gasteiger partial charge in [-0.3, -0.25) is 14.4 Å². The highest BCUT2D eigenvalue weighted by atomic mass is 16.4. The zero-order valence-electron chi connectivity index (χ0n) is 9.94. The van der Waals surface area contributed by atoms with E-state index in [-0.39, 0.29) is 24.4 Å². The second-order valence-electron chi connectivity index (χ2n) is 4.78. The van der Waals surface area contributed by atoms with Crippen molar-refractivity contribution in [2.24, 2.45) is 5.92 Å². The van der Waals surface area contributed by atoms with Gasteiger partial charge < -0.3 is 21.1 Å². The number of carbonyl (C=O) groups is 3. The van der Waals surface area contributed by atoms with Gasteiger partial charge in [-0.2, -0.15) is 0 Å². The second-order valence-corrected chi connectivity index (χ2v) is 4.78. The Balaban J connectivity index is 1.69. The lowest BCUT2D eigenvalue weighted by molar-refractivity contribution is -0.137. The van der Waals surface area contributed by atoms with Crippen LogP contribution in [0, 0.1) is 5.92 Å². The van der Waals surface area contributed by atoms with Crippen LogP contribution in [0.4, 0.5) is 0 Å². The van der Waals surface area contributed by atoms with E-state index in [0.717, 1.165) is 19.3 Å². The van der Waals surface area contributed by atoms with Crippen molar-refractivity contribution >= 4 is 17.8 Å². The normalized spacial score (nSPS) is 29.0. The number of carbonyl (C=O) groups excluding carboxylic acids is 2. The maximum absolute atomic E-state index is 11.8. The van der Waals surface area contributed by atoms with E-state index in [9.17, 15) is 14.4 Å². The molecule has 0 aromatic heterocycles. The molecule has 2 heterocycles. The van der Waals surface area contributed by atoms with Gasteiger partial charge in [0, 0.05) is 12.1 Å². The zero-order valence-corrected chi connectivity index (χ0v) is 9.94. The number of aliphatic carboxylic acids is 1. The topological polar surface area (TPSA) is 108 Å². The highest BCUT2D eigenvalue weighted by molar-refractivity contribution is 5.87. The first-order chi connectivity index (χ1) is 8.56. The molecule has 0 spiro atoms. The lowest BCUT2D eigenvalue weighted by Crippen LogP contribution is -2.43. The SMILES string of the molecule is O=C(O)CNC(=O)CNC(=O)C1CC2CCC1N2. The van der Waals surface area contributed by atoms with Crippen molar-refractivity contribution in [3.05, 3.63) is 0 Å². The Morgan fingerprint density at radius 1 is 1.17 bits per heavy atom. The van der Waals surface area contributed by atoms with Crippen LogP contribution in [-0.4, -0.2) is 48.1 Å². The summed E-state index contributed by atoms with van der Waals surface area (Å²) in [5.41, 5.74) is 0. The summed E-state index contributed by atoms with van der Waals surface area (Å²) in [6, 6.07) is 0.670. The molecule has 2 amide bonds. The number of rotatable bonds is 5. The molecule has 3 unspecified atom stereocenters. The van der Waals surface area contributed by atoms with E-state index in [1.54, 1.807) is 0 Å². The summed E-state index contributed by atoms with van der Waals surface area (Å²) in [5, 5.41) is 16.5. The van der Waals surface area contributed by atoms with Gasteiger partial charge in [0.15, 0.2) is 0 Å². The molecule has 3 atom stereocenters. The molecule has 18 heavy (non-hydrogen) atoms. The fraction of sp³-hybridized carbons (Fsp3) is 0.727. The molecule has 4 N–H and O–H groups in total. The molecule has 0 aromatic carbocycles. The van der Waals surface area contributed by atoms with Crippen molar-refractivity contribution in [1.29, 1.82) is 0 Å². The molecule has 2 rings (SSSR count). The van der Waals surface area contributed by atoms with Crippen molar-refractivity contribution in [3.8, 4) is 0 Å². The fourth-order valence-corrected chi connectivity index (χ4v) is 2.65. The van der Waals surface area contributed by atoms with Crippen LogP contribution in [0.15, 0.2) is 0 Å². The van der Waals surface area contributed by atoms with Crippen molar-refractivity contribution in [2.45, 2.75) is 31.3 Å². The molecule has 2 bridgehead atoms. The molecule has 7 nitrogen and oxygen atoms in total. The van der Waals surface area contributed by atoms with Crippen LogP contribution in [0.3, 0.4) is 0 Å². The van der Waals surface area contributed by atoms with E-state index in [0.29, 0.717) is 6.04 Å². The van der Waals surface area contributed by atoms with Crippen molar-refractivity contribution in [3.63, 3.8) is 0 Å². The third-order valence-corrected chi connectivity index (χ3v) is 3.50. The van der Waals surface area contributed by atoms with Gasteiger partial charge in [-0.05, 0) is 19.3 Å². The van der Waals surface area contributed by atoms with E-state index in [4.69, 9.17) is 5.11 Å². The van der Waals surface area contributed by atoms with Crippen molar-refractivity contribution < 1.29 is 19.5 Å². The van der Waals surface area contributed by atoms with Crippen molar-refractivity contribution in [2.75, 3.05) is 13.1 Å². The first kappa shape index (κ1) is 12.8. The summed E-state index contributed by atoms with van der Waals surface area (Å²) < 4.78 is 0. The summed E-state index contributed by atoms with van der Waals surface area (Å²) in [7, 11) is 0. The van der Waals surface area contributed by atoms with Crippen LogP contribution in [0.25, 0.3) is 0 Å². The van der Waals surface area contributed by atoms with Gasteiger partial charge in [-0.25, -0.2) is 0 Å². The number of hydrogen-bond donors (Lipinski definition) is 4. The van der Waals surface area contributed by atoms with E-state index >= 15 is 0 Å². The third-order valence-electron chi connectivity index (χ3n) is 3.50. The predicted octanol–water partition coefficient (Wildman–Crippen LogP) is -1.56. The van der Waals surface area contributed by atoms with Gasteiger partial charge in [-0.1, -0.05) is 0 Å². The second kappa shape index (κ2) is 5.34. The molecule has 0 aromatic rings. The third kappa shape index (κ3) is 2.98. The number of nitrogens with one attached hydrogen (secondary N) is 3. The van der Waals surface area contributed by atoms with Gasteiger partial charge in [0.05, 0.1) is 12.5 Å². The van der Waals surface area contributed by atoms with E-state index in [1.807, 2.05) is 0 Å². The number of carboxylic acids is 1. The Morgan fingerprint density at radius 2 is 1.94 bits per heavy atom. The van der Waals surface area contributed by atoms with E-state index in [2.05, 4.69) is 16.0 Å². The molecule has 100 valence electrons. The van der Waals surface area contributed by atoms with Gasteiger partial charge in [0.25, 0.3) is 0 Å². The molecule has 2 aliphatic heterocycles. The summed E-state index contributed by atoms with van der Waals surface area (Å²) in [4.78, 5) is 33.3. The largest absolute Gasteiger partial charge is 0.480 e. The minimum Gasteiger partial charge on any atom is -0.480 e. The van der Waals surface area contributed by atoms with Crippen LogP contribution in [0.1, 0.15) is 19.3 Å². The lowest BCUT2D eigenvalue weighted by atomic mass is 9.88. The summed E-state index contributed by atoms with van der Waals surface area (Å²) >= 11 is 0. The lowest BCUT2D eigenvalue weighted by Gasteiger charge is -2.19. The molecule has 2 saturated heterocycles. The molecular formula is C11H17N3O4. The van der Waals surface area contributed by atoms with Crippen LogP contribution in [-0.2, 0) is 14.4 Å². The number of fused-ring (bicyclic) bond motifs is 2. The van der Waals surface area contributed by atoms with Crippen LogP contribution in [0.2, 0.25) is 0 Å². The summed E-state index contributed by atoms with van der Waals surface area (Å²) in [6.07, 6.45) is 2.95. The molecule has 0 radical (unpaired) electrons. The minimum absolute atomic E-state index is 0.0592. The fourth-order valence-electron chi connectivity index (χ4n) is 2.65. The highest BCUT2D eigenvalue weighted by Gasteiger charge is 2.42. The number of hydrogen-bond acceptors (Lipinski definition) is 4. The molecule has 2 fully saturated rings. The van der Waals surface area contributed by atoms with Crippen molar-refractivity contribution in [1.82, 2.24) is 16.0 Å². The Morgan fingerprint density at radius 3 is 2.50 bits per heavy atom. The van der Waals surface area contributed by atoms with Gasteiger partial charge in [-0.15, -0.1) is 0 Å². The van der Waals surface area contributed by atoms with Crippen LogP contribution < -0.4 is 16.0 Å². The average Bonchev–Trinajstić information content (AvgIpc) is 2.95. The first-order valence-corrected chi connectivity index (χ1v) is 6.08. The van der Waals surface area contributed by atoms with Gasteiger partial charge in [0.2, 0.25) is 11.8 Å². The zero-order chi connectivity index (χ0) is 13.1. The Hall–Kier alpha value is -1.63. The smallest absolute Gasteiger partial charge is 0.322 e. The molecule has 0 aliphatic carbocycles. The number of amides is 2. The maximum Gasteiger partial charge on any atom is 0.322 e. The maximum atomic E-state index is 11.8. The summed E-state index contributed by atoms with van der Waals surface area (Å²) in [5.74, 6) is -1.77. The predicted molar refractivity (Wildman–Crippen MR) is 61.7 cm³/mol. The standard InChI is InChI=1S/C11H17N3O4/c15-9(12-5-10(16)17)4-13-11(18)7-3-6-1-2-8(7)14-6/h6-8,14H,1-5H2,(H,12,15)(H,13,18)(H,16,17). The molecule has 2 aliphatic rings. The van der Waals surface area contributed by atoms with Crippen LogP contribution >= 0.6 is 0 Å². The van der Waals surface area contributed by atoms with Crippen LogP contribution in [0.5, 0.6) is 0 Å². The van der Waals surface area contributed by atoms with Gasteiger partial charge in [0.1, 0.15) is 6.54 Å². The number of carboxylic acid groups (broad SMARTS) is 1. The Labute approximate surface area is 104 Å². The molecule has 7 heteroatoms. The Bertz CT molecular complexity index is 371. The molecule has 0 saturated carbocycles. The minimum atomic E-state index is -1.10. The quantitative estimate of drug-likeness (QED) is 0.475. The highest BCUT2D eigenvalue weighted by Crippen LogP contribution is 2.33.